The van der Waals surface area contributed by atoms with Crippen molar-refractivity contribution < 1.29 is 34.8 Å². The zero-order valence-electron chi connectivity index (χ0n) is 22.5. The van der Waals surface area contributed by atoms with Crippen LogP contribution in [-0.4, -0.2) is 83.0 Å². The van der Waals surface area contributed by atoms with Gasteiger partial charge in [0.25, 0.3) is 0 Å². The second-order valence-corrected chi connectivity index (χ2v) is 11.2. The Morgan fingerprint density at radius 3 is 2.23 bits per heavy atom. The third kappa shape index (κ3) is 3.64. The number of anilines is 1. The number of aromatic hydroxyl groups is 1. The van der Waals surface area contributed by atoms with Crippen LogP contribution in [-0.2, 0) is 16.0 Å². The second kappa shape index (κ2) is 9.07. The van der Waals surface area contributed by atoms with Gasteiger partial charge in [0.2, 0.25) is 5.78 Å². The van der Waals surface area contributed by atoms with Crippen molar-refractivity contribution in [1.82, 2.24) is 4.90 Å². The van der Waals surface area contributed by atoms with Crippen LogP contribution in [0.15, 0.2) is 53.0 Å². The molecule has 2 aromatic rings. The van der Waals surface area contributed by atoms with E-state index in [2.05, 4.69) is 0 Å². The minimum absolute atomic E-state index is 0.0121. The van der Waals surface area contributed by atoms with E-state index in [1.807, 2.05) is 56.3 Å². The van der Waals surface area contributed by atoms with Crippen molar-refractivity contribution in [3.05, 3.63) is 69.7 Å². The monoisotopic (exact) mass is 532 g/mol. The third-order valence-electron chi connectivity index (χ3n) is 8.45. The molecular weight excluding hydrogens is 500 g/mol. The van der Waals surface area contributed by atoms with E-state index < -0.39 is 52.1 Å². The number of hydrogen-bond acceptors (Lipinski definition) is 9. The van der Waals surface area contributed by atoms with Crippen molar-refractivity contribution in [3.63, 3.8) is 0 Å². The van der Waals surface area contributed by atoms with E-state index in [0.29, 0.717) is 16.7 Å². The number of likely N-dealkylation sites (N-methyl/N-ethyl adjacent to an activating group) is 1. The van der Waals surface area contributed by atoms with E-state index in [9.17, 15) is 34.8 Å². The van der Waals surface area contributed by atoms with E-state index in [0.717, 1.165) is 11.3 Å². The smallest absolute Gasteiger partial charge is 0.209 e. The maximum Gasteiger partial charge on any atom is 0.209 e. The lowest BCUT2D eigenvalue weighted by molar-refractivity contribution is -0.147. The first-order valence-corrected chi connectivity index (χ1v) is 12.8. The van der Waals surface area contributed by atoms with Crippen LogP contribution < -0.4 is 4.90 Å². The fraction of sp³-hybridized carbons (Fsp3) is 0.367. The van der Waals surface area contributed by atoms with Gasteiger partial charge in [0.05, 0.1) is 11.6 Å². The summed E-state index contributed by atoms with van der Waals surface area (Å²) < 4.78 is 0. The van der Waals surface area contributed by atoms with Gasteiger partial charge < -0.3 is 25.3 Å². The Morgan fingerprint density at radius 1 is 1.03 bits per heavy atom. The summed E-state index contributed by atoms with van der Waals surface area (Å²) in [6.45, 7) is 1.94. The van der Waals surface area contributed by atoms with Crippen molar-refractivity contribution in [2.24, 2.45) is 11.8 Å². The van der Waals surface area contributed by atoms with Crippen molar-refractivity contribution >= 4 is 23.5 Å². The maximum absolute atomic E-state index is 14.1. The Bertz CT molecular complexity index is 1490. The number of aryl methyl sites for hydroxylation is 1. The first-order valence-electron chi connectivity index (χ1n) is 12.8. The minimum atomic E-state index is -2.58. The van der Waals surface area contributed by atoms with E-state index in [-0.39, 0.29) is 36.0 Å². The Balaban J connectivity index is 1.75. The zero-order chi connectivity index (χ0) is 28.5. The predicted molar refractivity (Wildman–Crippen MR) is 145 cm³/mol. The molecule has 0 aliphatic heterocycles. The first-order chi connectivity index (χ1) is 18.3. The normalized spacial score (nSPS) is 26.4. The fourth-order valence-corrected chi connectivity index (χ4v) is 6.55. The van der Waals surface area contributed by atoms with E-state index in [4.69, 9.17) is 0 Å². The number of aliphatic hydroxyl groups excluding tert-OH is 2. The van der Waals surface area contributed by atoms with Crippen LogP contribution in [0.3, 0.4) is 0 Å². The average Bonchev–Trinajstić information content (AvgIpc) is 2.87. The number of aliphatic hydroxyl groups is 3. The maximum atomic E-state index is 14.1. The topological polar surface area (TPSA) is 139 Å². The Kier molecular flexibility index (Phi) is 6.19. The molecule has 3 aliphatic carbocycles. The molecule has 0 fully saturated rings. The van der Waals surface area contributed by atoms with Crippen molar-refractivity contribution in [2.45, 2.75) is 31.4 Å². The minimum Gasteiger partial charge on any atom is -0.510 e. The van der Waals surface area contributed by atoms with Gasteiger partial charge in [0.15, 0.2) is 17.7 Å². The van der Waals surface area contributed by atoms with Crippen LogP contribution in [0.4, 0.5) is 5.69 Å². The molecular formula is C30H32N2O7. The standard InChI is InChI=1S/C30H32N2O7/c1-14-6-8-15(9-7-14)17-12-21(31(2)3)18-10-16-11-20-24(32(4)5)26(35)19(13-33)28(37)30(20,39)29(38)22(16)27(36)23(18)25(17)34/h6-9,12-13,16,20,24,34-35,38-39H,10-11H2,1-5H3/t16-,20-,24-,30+/m0/s1. The molecule has 0 unspecified atom stereocenters. The van der Waals surface area contributed by atoms with Crippen LogP contribution in [0.1, 0.15) is 27.9 Å². The molecule has 4 atom stereocenters. The molecule has 0 saturated carbocycles. The summed E-state index contributed by atoms with van der Waals surface area (Å²) in [5, 5.41) is 45.4. The van der Waals surface area contributed by atoms with Crippen LogP contribution in [0.2, 0.25) is 0 Å². The van der Waals surface area contributed by atoms with Gasteiger partial charge in [-0.25, -0.2) is 0 Å². The number of phenols is 1. The average molecular weight is 533 g/mol. The van der Waals surface area contributed by atoms with Gasteiger partial charge in [-0.3, -0.25) is 19.3 Å². The molecule has 39 heavy (non-hydrogen) atoms. The number of phenolic OH excluding ortho intramolecular Hbond substituents is 1. The molecule has 5 rings (SSSR count). The second-order valence-electron chi connectivity index (χ2n) is 11.2. The van der Waals surface area contributed by atoms with Crippen LogP contribution in [0.5, 0.6) is 5.75 Å². The van der Waals surface area contributed by atoms with Gasteiger partial charge in [0.1, 0.15) is 22.8 Å². The number of allylic oxidation sites excluding steroid dienone is 1. The quantitative estimate of drug-likeness (QED) is 0.346. The number of ketones is 2. The van der Waals surface area contributed by atoms with Gasteiger partial charge in [-0.2, -0.15) is 0 Å². The Labute approximate surface area is 226 Å². The molecule has 0 bridgehead atoms. The number of carbonyl (C=O) groups is 3. The molecule has 9 nitrogen and oxygen atoms in total. The summed E-state index contributed by atoms with van der Waals surface area (Å²) in [6.07, 6.45) is 0.494. The number of Topliss-reactive ketones (excluding diaryl/α,β-unsaturated/α-hetero) is 2. The molecule has 0 saturated heterocycles. The van der Waals surface area contributed by atoms with E-state index >= 15 is 0 Å². The summed E-state index contributed by atoms with van der Waals surface area (Å²) in [6, 6.07) is 8.37. The number of hydrogen-bond donors (Lipinski definition) is 4. The molecule has 9 heteroatoms. The number of aldehydes is 1. The molecule has 204 valence electrons. The highest BCUT2D eigenvalue weighted by Crippen LogP contribution is 2.54. The highest BCUT2D eigenvalue weighted by molar-refractivity contribution is 6.20. The van der Waals surface area contributed by atoms with Crippen molar-refractivity contribution in [1.29, 1.82) is 0 Å². The number of carbonyl (C=O) groups excluding carboxylic acids is 3. The van der Waals surface area contributed by atoms with Gasteiger partial charge in [-0.15, -0.1) is 0 Å². The third-order valence-corrected chi connectivity index (χ3v) is 8.45. The van der Waals surface area contributed by atoms with Gasteiger partial charge in [-0.05, 0) is 57.0 Å². The molecule has 0 amide bonds. The van der Waals surface area contributed by atoms with Crippen LogP contribution in [0.25, 0.3) is 11.1 Å². The predicted octanol–water partition coefficient (Wildman–Crippen LogP) is 2.88. The van der Waals surface area contributed by atoms with E-state index in [1.165, 1.54) is 0 Å². The lowest BCUT2D eigenvalue weighted by atomic mass is 9.58. The first kappa shape index (κ1) is 26.6. The summed E-state index contributed by atoms with van der Waals surface area (Å²) in [5.41, 5.74) is 0.139. The summed E-state index contributed by atoms with van der Waals surface area (Å²) in [7, 11) is 6.94. The van der Waals surface area contributed by atoms with Gasteiger partial charge >= 0.3 is 0 Å². The summed E-state index contributed by atoms with van der Waals surface area (Å²) in [5.74, 6) is -4.98. The zero-order valence-corrected chi connectivity index (χ0v) is 22.5. The van der Waals surface area contributed by atoms with Gasteiger partial charge in [-0.1, -0.05) is 29.8 Å². The SMILES string of the molecule is Cc1ccc(-c2cc(N(C)C)c3c(c2O)C(=O)C2=C(O)[C@]4(O)C(=O)C(C=O)=C(O)[C@@H](N(C)C)[C@@H]4C[C@@H]2C3)cc1. The number of rotatable bonds is 4. The number of benzene rings is 2. The fourth-order valence-electron chi connectivity index (χ4n) is 6.55. The molecule has 3 aliphatic rings. The largest absolute Gasteiger partial charge is 0.510 e. The molecule has 0 aromatic heterocycles. The van der Waals surface area contributed by atoms with Crippen molar-refractivity contribution in [3.8, 4) is 16.9 Å². The molecule has 2 aromatic carbocycles. The number of fused-ring (bicyclic) bond motifs is 3. The Hall–Kier alpha value is -3.95. The highest BCUT2D eigenvalue weighted by atomic mass is 16.3. The lowest BCUT2D eigenvalue weighted by Gasteiger charge is -2.50. The van der Waals surface area contributed by atoms with Crippen LogP contribution >= 0.6 is 0 Å². The molecule has 0 heterocycles. The van der Waals surface area contributed by atoms with Crippen LogP contribution in [0, 0.1) is 18.8 Å². The molecule has 0 radical (unpaired) electrons. The van der Waals surface area contributed by atoms with Crippen molar-refractivity contribution in [2.75, 3.05) is 33.1 Å². The summed E-state index contributed by atoms with van der Waals surface area (Å²) in [4.78, 5) is 42.6. The Morgan fingerprint density at radius 2 is 1.67 bits per heavy atom. The number of nitrogens with zero attached hydrogens (tertiary/aromatic N) is 2. The highest BCUT2D eigenvalue weighted by Gasteiger charge is 2.62. The lowest BCUT2D eigenvalue weighted by Crippen LogP contribution is -2.63. The molecule has 4 N–H and O–H groups in total. The van der Waals surface area contributed by atoms with Gasteiger partial charge in [0, 0.05) is 36.8 Å². The summed E-state index contributed by atoms with van der Waals surface area (Å²) >= 11 is 0. The van der Waals surface area contributed by atoms with E-state index in [1.54, 1.807) is 19.0 Å². The molecule has 0 spiro atoms.